The van der Waals surface area contributed by atoms with Crippen LogP contribution in [0.25, 0.3) is 0 Å². The molecule has 0 aromatic carbocycles. The Bertz CT molecular complexity index is 256. The molecule has 0 heterocycles. The van der Waals surface area contributed by atoms with Gasteiger partial charge in [-0.25, -0.2) is 0 Å². The summed E-state index contributed by atoms with van der Waals surface area (Å²) in [4.78, 5) is 0. The van der Waals surface area contributed by atoms with Crippen LogP contribution in [0.2, 0.25) is 0 Å². The first-order valence-corrected chi connectivity index (χ1v) is 7.00. The first kappa shape index (κ1) is 12.2. The van der Waals surface area contributed by atoms with Crippen molar-refractivity contribution in [2.45, 2.75) is 64.9 Å². The second-order valence-corrected chi connectivity index (χ2v) is 6.06. The van der Waals surface area contributed by atoms with E-state index >= 15 is 0 Å². The second kappa shape index (κ2) is 5.35. The van der Waals surface area contributed by atoms with Crippen LogP contribution < -0.4 is 0 Å². The lowest BCUT2D eigenvalue weighted by Crippen LogP contribution is -2.21. The molecule has 1 fully saturated rings. The van der Waals surface area contributed by atoms with Gasteiger partial charge >= 0.3 is 0 Å². The highest BCUT2D eigenvalue weighted by molar-refractivity contribution is 5.03. The Kier molecular flexibility index (Phi) is 4.07. The summed E-state index contributed by atoms with van der Waals surface area (Å²) in [5, 5.41) is 9.87. The molecule has 1 unspecified atom stereocenters. The Labute approximate surface area is 99.9 Å². The number of aliphatic hydroxyl groups is 1. The third-order valence-electron chi connectivity index (χ3n) is 4.78. The molecule has 2 aliphatic carbocycles. The topological polar surface area (TPSA) is 20.2 Å². The highest BCUT2D eigenvalue weighted by atomic mass is 16.3. The zero-order valence-electron chi connectivity index (χ0n) is 10.8. The lowest BCUT2D eigenvalue weighted by Gasteiger charge is -2.29. The van der Waals surface area contributed by atoms with Crippen LogP contribution in [-0.4, -0.2) is 11.2 Å². The molecule has 1 N–H and O–H groups in total. The van der Waals surface area contributed by atoms with Gasteiger partial charge in [0, 0.05) is 0 Å². The summed E-state index contributed by atoms with van der Waals surface area (Å²) >= 11 is 0. The molecule has 4 atom stereocenters. The van der Waals surface area contributed by atoms with Crippen molar-refractivity contribution in [3.63, 3.8) is 0 Å². The Morgan fingerprint density at radius 2 is 2.19 bits per heavy atom. The van der Waals surface area contributed by atoms with Crippen molar-refractivity contribution < 1.29 is 5.11 Å². The maximum atomic E-state index is 9.87. The molecular weight excluding hydrogens is 196 g/mol. The summed E-state index contributed by atoms with van der Waals surface area (Å²) < 4.78 is 0. The van der Waals surface area contributed by atoms with E-state index in [0.717, 1.165) is 18.3 Å². The molecule has 0 aromatic heterocycles. The average Bonchev–Trinajstić information content (AvgIpc) is 2.65. The molecule has 0 radical (unpaired) electrons. The molecule has 0 aromatic rings. The Hall–Kier alpha value is -0.300. The van der Waals surface area contributed by atoms with Crippen LogP contribution in [0.1, 0.15) is 58.8 Å². The number of allylic oxidation sites excluding steroid dienone is 2. The highest BCUT2D eigenvalue weighted by Gasteiger charge is 2.29. The fourth-order valence-electron chi connectivity index (χ4n) is 3.46. The third-order valence-corrected chi connectivity index (χ3v) is 4.78. The van der Waals surface area contributed by atoms with Crippen molar-refractivity contribution in [2.24, 2.45) is 17.8 Å². The fourth-order valence-corrected chi connectivity index (χ4v) is 3.46. The van der Waals surface area contributed by atoms with Gasteiger partial charge in [-0.1, -0.05) is 25.0 Å². The van der Waals surface area contributed by atoms with Gasteiger partial charge in [0.15, 0.2) is 0 Å². The van der Waals surface area contributed by atoms with E-state index in [1.807, 2.05) is 0 Å². The molecule has 2 rings (SSSR count). The molecule has 0 saturated heterocycles. The van der Waals surface area contributed by atoms with E-state index in [-0.39, 0.29) is 6.10 Å². The van der Waals surface area contributed by atoms with Crippen molar-refractivity contribution in [3.05, 3.63) is 11.6 Å². The molecule has 1 heteroatoms. The van der Waals surface area contributed by atoms with Crippen LogP contribution >= 0.6 is 0 Å². The normalized spacial score (nSPS) is 37.2. The van der Waals surface area contributed by atoms with E-state index in [1.54, 1.807) is 5.57 Å². The summed E-state index contributed by atoms with van der Waals surface area (Å²) in [6.45, 7) is 4.64. The van der Waals surface area contributed by atoms with Gasteiger partial charge in [0.2, 0.25) is 0 Å². The van der Waals surface area contributed by atoms with Crippen LogP contribution in [0.15, 0.2) is 11.6 Å². The second-order valence-electron chi connectivity index (χ2n) is 6.06. The molecule has 92 valence electrons. The van der Waals surface area contributed by atoms with Gasteiger partial charge in [-0.2, -0.15) is 0 Å². The first-order valence-electron chi connectivity index (χ1n) is 7.00. The number of hydrogen-bond donors (Lipinski definition) is 1. The van der Waals surface area contributed by atoms with Crippen molar-refractivity contribution in [1.29, 1.82) is 0 Å². The average molecular weight is 222 g/mol. The van der Waals surface area contributed by atoms with Crippen molar-refractivity contribution in [1.82, 2.24) is 0 Å². The summed E-state index contributed by atoms with van der Waals surface area (Å²) in [6.07, 6.45) is 11.2. The smallest absolute Gasteiger partial charge is 0.0568 e. The molecule has 0 bridgehead atoms. The van der Waals surface area contributed by atoms with Crippen LogP contribution in [0.5, 0.6) is 0 Å². The first-order chi connectivity index (χ1) is 7.66. The minimum Gasteiger partial charge on any atom is -0.393 e. The lowest BCUT2D eigenvalue weighted by molar-refractivity contribution is 0.109. The van der Waals surface area contributed by atoms with Gasteiger partial charge in [0.1, 0.15) is 0 Å². The molecule has 0 spiro atoms. The van der Waals surface area contributed by atoms with Gasteiger partial charge in [-0.05, 0) is 63.2 Å². The molecule has 16 heavy (non-hydrogen) atoms. The predicted molar refractivity (Wildman–Crippen MR) is 68.2 cm³/mol. The number of rotatable bonds is 3. The predicted octanol–water partition coefficient (Wildman–Crippen LogP) is 3.92. The maximum Gasteiger partial charge on any atom is 0.0568 e. The summed E-state index contributed by atoms with van der Waals surface area (Å²) in [5.41, 5.74) is 1.57. The molecule has 1 nitrogen and oxygen atoms in total. The quantitative estimate of drug-likeness (QED) is 0.718. The van der Waals surface area contributed by atoms with Crippen LogP contribution in [0.4, 0.5) is 0 Å². The van der Waals surface area contributed by atoms with Crippen molar-refractivity contribution >= 4 is 0 Å². The van der Waals surface area contributed by atoms with E-state index in [1.165, 1.54) is 38.5 Å². The molecule has 1 saturated carbocycles. The van der Waals surface area contributed by atoms with Crippen molar-refractivity contribution in [3.8, 4) is 0 Å². The standard InChI is InChI=1S/C15H26O/c1-11-6-8-13(9-7-11)12(2)10-14-4-3-5-15(14)16/h6,12-16H,3-5,7-10H2,1-2H3/t12?,13-,14-,15-/m0/s1. The third kappa shape index (κ3) is 2.88. The number of hydrogen-bond acceptors (Lipinski definition) is 1. The van der Waals surface area contributed by atoms with E-state index in [0.29, 0.717) is 5.92 Å². The van der Waals surface area contributed by atoms with Crippen LogP contribution in [-0.2, 0) is 0 Å². The molecular formula is C15H26O. The molecule has 0 aliphatic heterocycles. The Morgan fingerprint density at radius 3 is 2.75 bits per heavy atom. The molecule has 0 amide bonds. The highest BCUT2D eigenvalue weighted by Crippen LogP contribution is 2.37. The Morgan fingerprint density at radius 1 is 1.38 bits per heavy atom. The van der Waals surface area contributed by atoms with Gasteiger partial charge in [0.05, 0.1) is 6.10 Å². The Balaban J connectivity index is 1.81. The van der Waals surface area contributed by atoms with E-state index < -0.39 is 0 Å². The zero-order chi connectivity index (χ0) is 11.5. The maximum absolute atomic E-state index is 9.87. The minimum atomic E-state index is 0.00307. The summed E-state index contributed by atoms with van der Waals surface area (Å²) in [5.74, 6) is 2.26. The van der Waals surface area contributed by atoms with Gasteiger partial charge in [-0.3, -0.25) is 0 Å². The van der Waals surface area contributed by atoms with E-state index in [4.69, 9.17) is 0 Å². The van der Waals surface area contributed by atoms with E-state index in [9.17, 15) is 5.11 Å². The lowest BCUT2D eigenvalue weighted by atomic mass is 9.77. The summed E-state index contributed by atoms with van der Waals surface area (Å²) in [7, 11) is 0. The van der Waals surface area contributed by atoms with Gasteiger partial charge in [-0.15, -0.1) is 0 Å². The van der Waals surface area contributed by atoms with E-state index in [2.05, 4.69) is 19.9 Å². The largest absolute Gasteiger partial charge is 0.393 e. The van der Waals surface area contributed by atoms with Crippen molar-refractivity contribution in [2.75, 3.05) is 0 Å². The minimum absolute atomic E-state index is 0.00307. The SMILES string of the molecule is CC1=CC[C@H](C(C)C[C@@H]2CCC[C@@H]2O)CC1. The summed E-state index contributed by atoms with van der Waals surface area (Å²) in [6, 6.07) is 0. The monoisotopic (exact) mass is 222 g/mol. The van der Waals surface area contributed by atoms with Crippen LogP contribution in [0.3, 0.4) is 0 Å². The van der Waals surface area contributed by atoms with Crippen LogP contribution in [0, 0.1) is 17.8 Å². The van der Waals surface area contributed by atoms with Gasteiger partial charge in [0.25, 0.3) is 0 Å². The number of aliphatic hydroxyl groups excluding tert-OH is 1. The van der Waals surface area contributed by atoms with Gasteiger partial charge < -0.3 is 5.11 Å². The molecule has 2 aliphatic rings. The fraction of sp³-hybridized carbons (Fsp3) is 0.867. The zero-order valence-corrected chi connectivity index (χ0v) is 10.8.